The van der Waals surface area contributed by atoms with Crippen LogP contribution in [0, 0.1) is 5.92 Å². The molecule has 10 heteroatoms. The van der Waals surface area contributed by atoms with Crippen LogP contribution in [-0.2, 0) is 19.6 Å². The molecule has 0 spiro atoms. The van der Waals surface area contributed by atoms with Crippen molar-refractivity contribution in [2.45, 2.75) is 19.8 Å². The molecule has 8 nitrogen and oxygen atoms in total. The van der Waals surface area contributed by atoms with E-state index in [1.807, 2.05) is 0 Å². The zero-order valence-electron chi connectivity index (χ0n) is 15.1. The molecule has 0 unspecified atom stereocenters. The normalized spacial score (nSPS) is 16.4. The van der Waals surface area contributed by atoms with Crippen molar-refractivity contribution < 1.29 is 22.7 Å². The summed E-state index contributed by atoms with van der Waals surface area (Å²) in [6.07, 6.45) is 3.67. The number of aromatic nitrogens is 1. The third kappa shape index (κ3) is 4.28. The zero-order chi connectivity index (χ0) is 19.6. The summed E-state index contributed by atoms with van der Waals surface area (Å²) >= 11 is 1.18. The van der Waals surface area contributed by atoms with Gasteiger partial charge < -0.3 is 10.1 Å². The standard InChI is InChI=1S/C17H21N3O5S2/c1-3-25-17(22)14-13(12-5-4-8-18-16(12)26-14)19-15(21)11-6-9-20(10-7-11)27(2,23)24/h4-5,8,11H,3,6-7,9-10H2,1-2H3,(H,19,21). The minimum atomic E-state index is -3.24. The Morgan fingerprint density at radius 3 is 2.70 bits per heavy atom. The molecule has 0 atom stereocenters. The number of sulfonamides is 1. The maximum Gasteiger partial charge on any atom is 0.350 e. The number of nitrogens with zero attached hydrogens (tertiary/aromatic N) is 2. The molecular weight excluding hydrogens is 390 g/mol. The number of hydrogen-bond donors (Lipinski definition) is 1. The number of nitrogens with one attached hydrogen (secondary N) is 1. The average molecular weight is 412 g/mol. The van der Waals surface area contributed by atoms with Crippen LogP contribution in [0.15, 0.2) is 18.3 Å². The van der Waals surface area contributed by atoms with Gasteiger partial charge >= 0.3 is 5.97 Å². The molecule has 0 radical (unpaired) electrons. The quantitative estimate of drug-likeness (QED) is 0.755. The fourth-order valence-electron chi connectivity index (χ4n) is 3.07. The van der Waals surface area contributed by atoms with Gasteiger partial charge in [-0.15, -0.1) is 11.3 Å². The molecule has 2 aromatic heterocycles. The number of pyridine rings is 1. The summed E-state index contributed by atoms with van der Waals surface area (Å²) in [6.45, 7) is 2.58. The molecule has 1 amide bonds. The van der Waals surface area contributed by atoms with Crippen LogP contribution >= 0.6 is 11.3 Å². The van der Waals surface area contributed by atoms with Gasteiger partial charge in [0, 0.05) is 30.6 Å². The fraction of sp³-hybridized carbons (Fsp3) is 0.471. The molecule has 3 rings (SSSR count). The lowest BCUT2D eigenvalue weighted by Gasteiger charge is -2.29. The molecule has 1 saturated heterocycles. The first-order chi connectivity index (χ1) is 12.8. The maximum absolute atomic E-state index is 12.8. The van der Waals surface area contributed by atoms with Crippen molar-refractivity contribution in [3.63, 3.8) is 0 Å². The zero-order valence-corrected chi connectivity index (χ0v) is 16.7. The van der Waals surface area contributed by atoms with Gasteiger partial charge in [0.1, 0.15) is 9.71 Å². The van der Waals surface area contributed by atoms with Crippen molar-refractivity contribution in [1.82, 2.24) is 9.29 Å². The third-order valence-electron chi connectivity index (χ3n) is 4.47. The van der Waals surface area contributed by atoms with Gasteiger partial charge in [-0.3, -0.25) is 4.79 Å². The van der Waals surface area contributed by atoms with Gasteiger partial charge in [0.05, 0.1) is 18.6 Å². The smallest absolute Gasteiger partial charge is 0.350 e. The highest BCUT2D eigenvalue weighted by Gasteiger charge is 2.30. The van der Waals surface area contributed by atoms with E-state index in [-0.39, 0.29) is 18.4 Å². The molecule has 1 fully saturated rings. The number of fused-ring (bicyclic) bond motifs is 1. The van der Waals surface area contributed by atoms with Gasteiger partial charge in [-0.25, -0.2) is 22.5 Å². The van der Waals surface area contributed by atoms with Gasteiger partial charge in [0.2, 0.25) is 15.9 Å². The summed E-state index contributed by atoms with van der Waals surface area (Å²) in [4.78, 5) is 30.2. The summed E-state index contributed by atoms with van der Waals surface area (Å²) in [5, 5.41) is 3.55. The number of anilines is 1. The highest BCUT2D eigenvalue weighted by atomic mass is 32.2. The Hall–Kier alpha value is -2.04. The minimum Gasteiger partial charge on any atom is -0.462 e. The highest BCUT2D eigenvalue weighted by Crippen LogP contribution is 2.35. The van der Waals surface area contributed by atoms with E-state index in [0.29, 0.717) is 46.7 Å². The Balaban J connectivity index is 1.81. The Labute approximate surface area is 161 Å². The number of amides is 1. The number of thiophene rings is 1. The van der Waals surface area contributed by atoms with Crippen molar-refractivity contribution >= 4 is 49.1 Å². The minimum absolute atomic E-state index is 0.225. The summed E-state index contributed by atoms with van der Waals surface area (Å²) < 4.78 is 29.7. The SMILES string of the molecule is CCOC(=O)c1sc2ncccc2c1NC(=O)C1CCN(S(C)(=O)=O)CC1. The Bertz CT molecular complexity index is 962. The van der Waals surface area contributed by atoms with Crippen LogP contribution in [0.2, 0.25) is 0 Å². The van der Waals surface area contributed by atoms with Crippen molar-refractivity contribution in [3.05, 3.63) is 23.2 Å². The van der Waals surface area contributed by atoms with E-state index < -0.39 is 16.0 Å². The van der Waals surface area contributed by atoms with Gasteiger partial charge in [0.15, 0.2) is 0 Å². The fourth-order valence-corrected chi connectivity index (χ4v) is 4.94. The van der Waals surface area contributed by atoms with Crippen LogP contribution in [0.3, 0.4) is 0 Å². The van der Waals surface area contributed by atoms with E-state index in [4.69, 9.17) is 4.74 Å². The maximum atomic E-state index is 12.8. The Kier molecular flexibility index (Phi) is 5.78. The van der Waals surface area contributed by atoms with Gasteiger partial charge in [-0.2, -0.15) is 0 Å². The number of ether oxygens (including phenoxy) is 1. The molecule has 146 valence electrons. The number of esters is 1. The molecule has 1 aliphatic heterocycles. The largest absolute Gasteiger partial charge is 0.462 e. The van der Waals surface area contributed by atoms with Crippen LogP contribution in [0.1, 0.15) is 29.4 Å². The predicted molar refractivity (Wildman–Crippen MR) is 103 cm³/mol. The first-order valence-corrected chi connectivity index (χ1v) is 11.3. The number of carbonyl (C=O) groups is 2. The van der Waals surface area contributed by atoms with Gasteiger partial charge in [0.25, 0.3) is 0 Å². The second-order valence-electron chi connectivity index (χ2n) is 6.31. The number of rotatable bonds is 5. The summed E-state index contributed by atoms with van der Waals surface area (Å²) in [7, 11) is -3.24. The van der Waals surface area contributed by atoms with Gasteiger partial charge in [-0.05, 0) is 31.9 Å². The van der Waals surface area contributed by atoms with Crippen LogP contribution in [-0.4, -0.2) is 55.5 Å². The first kappa shape index (κ1) is 19.7. The van der Waals surface area contributed by atoms with E-state index in [2.05, 4.69) is 10.3 Å². The number of carbonyl (C=O) groups excluding carboxylic acids is 2. The third-order valence-corrected chi connectivity index (χ3v) is 6.87. The van der Waals surface area contributed by atoms with Crippen molar-refractivity contribution in [1.29, 1.82) is 0 Å². The molecule has 0 bridgehead atoms. The van der Waals surface area contributed by atoms with E-state index in [0.717, 1.165) is 0 Å². The average Bonchev–Trinajstić information content (AvgIpc) is 3.00. The van der Waals surface area contributed by atoms with Crippen molar-refractivity contribution in [2.75, 3.05) is 31.3 Å². The lowest BCUT2D eigenvalue weighted by molar-refractivity contribution is -0.120. The summed E-state index contributed by atoms with van der Waals surface area (Å²) in [6, 6.07) is 3.54. The number of piperidine rings is 1. The van der Waals surface area contributed by atoms with E-state index >= 15 is 0 Å². The molecule has 0 saturated carbocycles. The van der Waals surface area contributed by atoms with E-state index in [9.17, 15) is 18.0 Å². The summed E-state index contributed by atoms with van der Waals surface area (Å²) in [5.41, 5.74) is 0.414. The second-order valence-corrected chi connectivity index (χ2v) is 9.29. The van der Waals surface area contributed by atoms with E-state index in [1.54, 1.807) is 25.3 Å². The van der Waals surface area contributed by atoms with E-state index in [1.165, 1.54) is 21.9 Å². The molecule has 1 aliphatic rings. The predicted octanol–water partition coefficient (Wildman–Crippen LogP) is 2.08. The summed E-state index contributed by atoms with van der Waals surface area (Å²) in [5.74, 6) is -1.04. The topological polar surface area (TPSA) is 106 Å². The molecular formula is C17H21N3O5S2. The van der Waals surface area contributed by atoms with Gasteiger partial charge in [-0.1, -0.05) is 0 Å². The molecule has 27 heavy (non-hydrogen) atoms. The second kappa shape index (κ2) is 7.91. The molecule has 0 aliphatic carbocycles. The van der Waals surface area contributed by atoms with Crippen LogP contribution < -0.4 is 5.32 Å². The highest BCUT2D eigenvalue weighted by molar-refractivity contribution is 7.88. The lowest BCUT2D eigenvalue weighted by Crippen LogP contribution is -2.41. The molecule has 1 N–H and O–H groups in total. The van der Waals surface area contributed by atoms with Crippen molar-refractivity contribution in [2.24, 2.45) is 5.92 Å². The van der Waals surface area contributed by atoms with Crippen LogP contribution in [0.25, 0.3) is 10.2 Å². The molecule has 0 aromatic carbocycles. The molecule has 2 aromatic rings. The Morgan fingerprint density at radius 2 is 2.07 bits per heavy atom. The van der Waals surface area contributed by atoms with Crippen LogP contribution in [0.4, 0.5) is 5.69 Å². The van der Waals surface area contributed by atoms with Crippen LogP contribution in [0.5, 0.6) is 0 Å². The van der Waals surface area contributed by atoms with Crippen molar-refractivity contribution in [3.8, 4) is 0 Å². The lowest BCUT2D eigenvalue weighted by atomic mass is 9.97. The first-order valence-electron chi connectivity index (χ1n) is 8.62. The Morgan fingerprint density at radius 1 is 1.37 bits per heavy atom. The molecule has 3 heterocycles. The number of hydrogen-bond acceptors (Lipinski definition) is 7. The monoisotopic (exact) mass is 411 g/mol.